The Morgan fingerprint density at radius 3 is 2.81 bits per heavy atom. The van der Waals surface area contributed by atoms with Crippen LogP contribution in [0.1, 0.15) is 26.2 Å². The van der Waals surface area contributed by atoms with Crippen molar-refractivity contribution in [3.05, 3.63) is 0 Å². The molecule has 2 amide bonds. The zero-order valence-electron chi connectivity index (χ0n) is 9.32. The first kappa shape index (κ1) is 12.4. The summed E-state index contributed by atoms with van der Waals surface area (Å²) in [5.41, 5.74) is -1.06. The van der Waals surface area contributed by atoms with E-state index in [1.165, 1.54) is 4.90 Å². The van der Waals surface area contributed by atoms with Gasteiger partial charge in [-0.25, -0.2) is 9.59 Å². The molecule has 0 aromatic heterocycles. The van der Waals surface area contributed by atoms with Crippen molar-refractivity contribution >= 4 is 12.0 Å². The zero-order chi connectivity index (χ0) is 12.2. The van der Waals surface area contributed by atoms with Gasteiger partial charge in [-0.15, -0.1) is 6.42 Å². The molecular weight excluding hydrogens is 208 g/mol. The molecule has 1 aliphatic heterocycles. The van der Waals surface area contributed by atoms with Crippen LogP contribution in [0.5, 0.6) is 0 Å². The molecule has 1 saturated heterocycles. The fraction of sp³-hybridized carbons (Fsp3) is 0.636. The number of likely N-dealkylation sites (tertiary alicyclic amines) is 1. The van der Waals surface area contributed by atoms with Gasteiger partial charge in [-0.2, -0.15) is 0 Å². The van der Waals surface area contributed by atoms with Crippen LogP contribution >= 0.6 is 0 Å². The minimum Gasteiger partial charge on any atom is -0.479 e. The van der Waals surface area contributed by atoms with Gasteiger partial charge in [0.15, 0.2) is 0 Å². The van der Waals surface area contributed by atoms with Crippen LogP contribution in [-0.4, -0.2) is 40.6 Å². The van der Waals surface area contributed by atoms with Crippen molar-refractivity contribution in [2.24, 2.45) is 0 Å². The number of hydrogen-bond donors (Lipinski definition) is 2. The monoisotopic (exact) mass is 224 g/mol. The third-order valence-corrected chi connectivity index (χ3v) is 3.06. The fourth-order valence-corrected chi connectivity index (χ4v) is 2.14. The van der Waals surface area contributed by atoms with Gasteiger partial charge in [0.2, 0.25) is 0 Å². The highest BCUT2D eigenvalue weighted by Gasteiger charge is 2.48. The van der Waals surface area contributed by atoms with Crippen molar-refractivity contribution in [2.75, 3.05) is 13.1 Å². The molecule has 1 heterocycles. The van der Waals surface area contributed by atoms with Gasteiger partial charge in [-0.1, -0.05) is 12.8 Å². The predicted molar refractivity (Wildman–Crippen MR) is 58.8 cm³/mol. The number of rotatable bonds is 3. The number of carbonyl (C=O) groups excluding carboxylic acids is 1. The summed E-state index contributed by atoms with van der Waals surface area (Å²) in [4.78, 5) is 24.4. The average molecular weight is 224 g/mol. The maximum atomic E-state index is 11.7. The second-order valence-electron chi connectivity index (χ2n) is 3.81. The lowest BCUT2D eigenvalue weighted by molar-refractivity contribution is -0.148. The summed E-state index contributed by atoms with van der Waals surface area (Å²) in [5, 5.41) is 11.8. The fourth-order valence-electron chi connectivity index (χ4n) is 2.14. The van der Waals surface area contributed by atoms with Crippen LogP contribution in [0.25, 0.3) is 0 Å². The number of amides is 2. The number of carboxylic acids is 1. The van der Waals surface area contributed by atoms with Crippen molar-refractivity contribution in [2.45, 2.75) is 31.7 Å². The minimum atomic E-state index is -1.06. The van der Waals surface area contributed by atoms with Gasteiger partial charge < -0.3 is 15.3 Å². The van der Waals surface area contributed by atoms with E-state index < -0.39 is 11.5 Å². The Labute approximate surface area is 94.8 Å². The number of hydrogen-bond acceptors (Lipinski definition) is 2. The van der Waals surface area contributed by atoms with Gasteiger partial charge in [-0.3, -0.25) is 0 Å². The molecule has 16 heavy (non-hydrogen) atoms. The van der Waals surface area contributed by atoms with Crippen molar-refractivity contribution in [3.63, 3.8) is 0 Å². The molecule has 1 aliphatic rings. The minimum absolute atomic E-state index is 0.120. The van der Waals surface area contributed by atoms with E-state index >= 15 is 0 Å². The van der Waals surface area contributed by atoms with Crippen molar-refractivity contribution in [3.8, 4) is 12.3 Å². The number of nitrogens with one attached hydrogen (secondary N) is 1. The molecule has 0 spiro atoms. The Balaban J connectivity index is 2.82. The largest absolute Gasteiger partial charge is 0.479 e. The summed E-state index contributed by atoms with van der Waals surface area (Å²) >= 11 is 0. The highest BCUT2D eigenvalue weighted by Crippen LogP contribution is 2.32. The molecule has 0 bridgehead atoms. The van der Waals surface area contributed by atoms with Gasteiger partial charge in [0.05, 0.1) is 6.54 Å². The molecular formula is C11H16N2O3. The van der Waals surface area contributed by atoms with E-state index in [9.17, 15) is 14.7 Å². The number of urea groups is 1. The van der Waals surface area contributed by atoms with Crippen LogP contribution in [0, 0.1) is 12.3 Å². The Morgan fingerprint density at radius 2 is 2.31 bits per heavy atom. The molecule has 1 atom stereocenters. The zero-order valence-corrected chi connectivity index (χ0v) is 9.32. The lowest BCUT2D eigenvalue weighted by Gasteiger charge is -2.33. The third-order valence-electron chi connectivity index (χ3n) is 3.06. The topological polar surface area (TPSA) is 69.6 Å². The average Bonchev–Trinajstić information content (AvgIpc) is 2.70. The molecule has 0 radical (unpaired) electrons. The van der Waals surface area contributed by atoms with Gasteiger partial charge in [0.1, 0.15) is 5.54 Å². The summed E-state index contributed by atoms with van der Waals surface area (Å²) in [6, 6.07) is -0.389. The molecule has 5 heteroatoms. The van der Waals surface area contributed by atoms with Gasteiger partial charge in [0.25, 0.3) is 0 Å². The quantitative estimate of drug-likeness (QED) is 0.692. The Morgan fingerprint density at radius 1 is 1.62 bits per heavy atom. The highest BCUT2D eigenvalue weighted by molar-refractivity contribution is 5.87. The van der Waals surface area contributed by atoms with Crippen LogP contribution in [0.4, 0.5) is 4.79 Å². The van der Waals surface area contributed by atoms with Crippen molar-refractivity contribution in [1.29, 1.82) is 0 Å². The van der Waals surface area contributed by atoms with Crippen LogP contribution in [0.15, 0.2) is 0 Å². The van der Waals surface area contributed by atoms with E-state index in [0.717, 1.165) is 0 Å². The molecule has 0 saturated carbocycles. The smallest absolute Gasteiger partial charge is 0.329 e. The summed E-state index contributed by atoms with van der Waals surface area (Å²) < 4.78 is 0. The molecule has 88 valence electrons. The molecule has 5 nitrogen and oxygen atoms in total. The van der Waals surface area contributed by atoms with E-state index in [1.54, 1.807) is 6.92 Å². The summed E-state index contributed by atoms with van der Waals surface area (Å²) in [7, 11) is 0. The van der Waals surface area contributed by atoms with Crippen molar-refractivity contribution in [1.82, 2.24) is 10.2 Å². The first-order valence-electron chi connectivity index (χ1n) is 5.31. The number of terminal acetylenes is 1. The number of aliphatic carboxylic acids is 1. The van der Waals surface area contributed by atoms with Crippen LogP contribution < -0.4 is 5.32 Å². The second-order valence-corrected chi connectivity index (χ2v) is 3.81. The van der Waals surface area contributed by atoms with Crippen LogP contribution in [0.2, 0.25) is 0 Å². The Hall–Kier alpha value is -1.70. The lowest BCUT2D eigenvalue weighted by Crippen LogP contribution is -2.55. The lowest BCUT2D eigenvalue weighted by atomic mass is 9.93. The predicted octanol–water partition coefficient (Wildman–Crippen LogP) is 0.658. The number of nitrogens with zero attached hydrogens (tertiary/aromatic N) is 1. The van der Waals surface area contributed by atoms with E-state index in [1.807, 2.05) is 0 Å². The van der Waals surface area contributed by atoms with E-state index in [0.29, 0.717) is 25.8 Å². The van der Waals surface area contributed by atoms with Gasteiger partial charge >= 0.3 is 12.0 Å². The molecule has 0 aromatic rings. The summed E-state index contributed by atoms with van der Waals surface area (Å²) in [5.74, 6) is 1.35. The highest BCUT2D eigenvalue weighted by atomic mass is 16.4. The number of carboxylic acid groups (broad SMARTS) is 1. The maximum absolute atomic E-state index is 11.7. The van der Waals surface area contributed by atoms with E-state index in [4.69, 9.17) is 6.42 Å². The first-order valence-corrected chi connectivity index (χ1v) is 5.31. The molecule has 0 aromatic carbocycles. The third kappa shape index (κ3) is 1.96. The normalized spacial score (nSPS) is 23.9. The van der Waals surface area contributed by atoms with Gasteiger partial charge in [-0.05, 0) is 19.3 Å². The second kappa shape index (κ2) is 4.88. The SMILES string of the molecule is C#CCNC(=O)N1CCCC1(CC)C(=O)O. The molecule has 2 N–H and O–H groups in total. The van der Waals surface area contributed by atoms with E-state index in [-0.39, 0.29) is 12.6 Å². The summed E-state index contributed by atoms with van der Waals surface area (Å²) in [6.45, 7) is 2.37. The molecule has 1 unspecified atom stereocenters. The Bertz CT molecular complexity index is 335. The molecule has 0 aliphatic carbocycles. The van der Waals surface area contributed by atoms with Crippen LogP contribution in [-0.2, 0) is 4.79 Å². The van der Waals surface area contributed by atoms with Gasteiger partial charge in [0, 0.05) is 6.54 Å². The first-order chi connectivity index (χ1) is 7.58. The molecule has 1 fully saturated rings. The van der Waals surface area contributed by atoms with Crippen LogP contribution in [0.3, 0.4) is 0 Å². The molecule has 1 rings (SSSR count). The Kier molecular flexibility index (Phi) is 3.78. The standard InChI is InChI=1S/C11H16N2O3/c1-3-7-12-10(16)13-8-5-6-11(13,4-2)9(14)15/h1H,4-8H2,2H3,(H,12,16)(H,14,15). The van der Waals surface area contributed by atoms with Crippen molar-refractivity contribution < 1.29 is 14.7 Å². The number of carbonyl (C=O) groups is 2. The summed E-state index contributed by atoms with van der Waals surface area (Å²) in [6.07, 6.45) is 6.66. The maximum Gasteiger partial charge on any atom is 0.329 e. The van der Waals surface area contributed by atoms with E-state index in [2.05, 4.69) is 11.2 Å².